The third kappa shape index (κ3) is 4.64. The molecule has 1 unspecified atom stereocenters. The van der Waals surface area contributed by atoms with Crippen molar-refractivity contribution in [3.8, 4) is 0 Å². The van der Waals surface area contributed by atoms with Gasteiger partial charge in [-0.1, -0.05) is 13.8 Å². The first-order valence-corrected chi connectivity index (χ1v) is 6.67. The third-order valence-electron chi connectivity index (χ3n) is 2.26. The zero-order valence-electron chi connectivity index (χ0n) is 10.7. The summed E-state index contributed by atoms with van der Waals surface area (Å²) in [4.78, 5) is 12.2. The van der Waals surface area contributed by atoms with E-state index in [9.17, 15) is 13.6 Å². The molecule has 18 heavy (non-hydrogen) atoms. The molecule has 1 atom stereocenters. The van der Waals surface area contributed by atoms with E-state index < -0.39 is 11.6 Å². The number of carbonyl (C=O) groups excluding carboxylic acids is 1. The van der Waals surface area contributed by atoms with Gasteiger partial charge in [0, 0.05) is 11.4 Å². The Hall–Kier alpha value is -1.10. The van der Waals surface area contributed by atoms with Crippen molar-refractivity contribution < 1.29 is 13.6 Å². The second-order valence-corrected chi connectivity index (χ2v) is 5.89. The molecular weight excluding hydrogens is 256 g/mol. The summed E-state index contributed by atoms with van der Waals surface area (Å²) in [6.45, 7) is 6.37. The van der Waals surface area contributed by atoms with Crippen molar-refractivity contribution in [2.75, 3.05) is 6.54 Å². The molecule has 1 aromatic carbocycles. The van der Waals surface area contributed by atoms with Crippen molar-refractivity contribution in [3.63, 3.8) is 0 Å². The maximum Gasteiger partial charge on any atom is 0.233 e. The molecule has 0 aliphatic heterocycles. The highest BCUT2D eigenvalue weighted by Gasteiger charge is 2.15. The van der Waals surface area contributed by atoms with Crippen molar-refractivity contribution in [3.05, 3.63) is 29.8 Å². The normalized spacial score (nSPS) is 12.6. The Morgan fingerprint density at radius 3 is 2.50 bits per heavy atom. The smallest absolute Gasteiger partial charge is 0.233 e. The van der Waals surface area contributed by atoms with Crippen LogP contribution in [0.5, 0.6) is 0 Å². The van der Waals surface area contributed by atoms with Gasteiger partial charge in [0.2, 0.25) is 5.91 Å². The molecule has 5 heteroatoms. The van der Waals surface area contributed by atoms with Crippen LogP contribution < -0.4 is 5.32 Å². The van der Waals surface area contributed by atoms with Gasteiger partial charge in [-0.25, -0.2) is 8.78 Å². The van der Waals surface area contributed by atoms with Gasteiger partial charge in [-0.2, -0.15) is 0 Å². The number of benzene rings is 1. The quantitative estimate of drug-likeness (QED) is 0.835. The summed E-state index contributed by atoms with van der Waals surface area (Å²) < 4.78 is 25.7. The van der Waals surface area contributed by atoms with E-state index in [0.717, 1.165) is 12.1 Å². The molecule has 1 amide bonds. The Labute approximate surface area is 110 Å². The van der Waals surface area contributed by atoms with Gasteiger partial charge in [0.25, 0.3) is 0 Å². The van der Waals surface area contributed by atoms with E-state index >= 15 is 0 Å². The first-order valence-electron chi connectivity index (χ1n) is 5.79. The minimum Gasteiger partial charge on any atom is -0.355 e. The van der Waals surface area contributed by atoms with E-state index in [4.69, 9.17) is 0 Å². The van der Waals surface area contributed by atoms with E-state index in [2.05, 4.69) is 5.32 Å². The maximum absolute atomic E-state index is 13.0. The summed E-state index contributed by atoms with van der Waals surface area (Å²) in [6.07, 6.45) is 0. The fourth-order valence-electron chi connectivity index (χ4n) is 1.26. The molecule has 0 aliphatic rings. The molecule has 2 nitrogen and oxygen atoms in total. The van der Waals surface area contributed by atoms with Crippen LogP contribution in [0.4, 0.5) is 8.78 Å². The maximum atomic E-state index is 13.0. The Morgan fingerprint density at radius 1 is 1.28 bits per heavy atom. The number of rotatable bonds is 5. The second-order valence-electron chi connectivity index (χ2n) is 4.47. The van der Waals surface area contributed by atoms with E-state index in [1.54, 1.807) is 6.92 Å². The first kappa shape index (κ1) is 15.0. The highest BCUT2D eigenvalue weighted by Crippen LogP contribution is 2.24. The number of hydrogen-bond donors (Lipinski definition) is 1. The number of amides is 1. The standard InChI is InChI=1S/C13H17F2NOS/c1-8(2)7-16-13(17)9(3)18-10-4-5-11(14)12(15)6-10/h4-6,8-9H,7H2,1-3H3,(H,16,17). The Morgan fingerprint density at radius 2 is 1.94 bits per heavy atom. The minimum atomic E-state index is -0.894. The molecule has 0 saturated carbocycles. The Balaban J connectivity index is 2.55. The number of carbonyl (C=O) groups is 1. The monoisotopic (exact) mass is 273 g/mol. The number of thioether (sulfide) groups is 1. The van der Waals surface area contributed by atoms with Crippen molar-refractivity contribution in [1.82, 2.24) is 5.32 Å². The lowest BCUT2D eigenvalue weighted by Gasteiger charge is -2.13. The molecule has 0 aromatic heterocycles. The van der Waals surface area contributed by atoms with Crippen molar-refractivity contribution in [2.24, 2.45) is 5.92 Å². The van der Waals surface area contributed by atoms with Crippen LogP contribution in [0.1, 0.15) is 20.8 Å². The van der Waals surface area contributed by atoms with Gasteiger partial charge in [-0.05, 0) is 31.0 Å². The Kier molecular flexibility index (Phi) is 5.59. The fourth-order valence-corrected chi connectivity index (χ4v) is 2.17. The number of hydrogen-bond acceptors (Lipinski definition) is 2. The highest BCUT2D eigenvalue weighted by atomic mass is 32.2. The van der Waals surface area contributed by atoms with Gasteiger partial charge in [0.05, 0.1) is 5.25 Å². The summed E-state index contributed by atoms with van der Waals surface area (Å²) >= 11 is 1.21. The van der Waals surface area contributed by atoms with Crippen molar-refractivity contribution in [2.45, 2.75) is 30.9 Å². The van der Waals surface area contributed by atoms with Crippen molar-refractivity contribution in [1.29, 1.82) is 0 Å². The number of nitrogens with one attached hydrogen (secondary N) is 1. The van der Waals surface area contributed by atoms with Gasteiger partial charge >= 0.3 is 0 Å². The predicted octanol–water partition coefficient (Wildman–Crippen LogP) is 3.22. The van der Waals surface area contributed by atoms with E-state index in [-0.39, 0.29) is 11.2 Å². The Bertz CT molecular complexity index is 423. The van der Waals surface area contributed by atoms with E-state index in [0.29, 0.717) is 17.4 Å². The van der Waals surface area contributed by atoms with E-state index in [1.165, 1.54) is 17.8 Å². The molecule has 0 aliphatic carbocycles. The fraction of sp³-hybridized carbons (Fsp3) is 0.462. The third-order valence-corrected chi connectivity index (χ3v) is 3.35. The summed E-state index contributed by atoms with van der Waals surface area (Å²) in [6, 6.07) is 3.64. The molecule has 1 rings (SSSR count). The van der Waals surface area contributed by atoms with Gasteiger partial charge in [0.1, 0.15) is 0 Å². The van der Waals surface area contributed by atoms with Gasteiger partial charge in [0.15, 0.2) is 11.6 Å². The van der Waals surface area contributed by atoms with Crippen LogP contribution in [0.15, 0.2) is 23.1 Å². The largest absolute Gasteiger partial charge is 0.355 e. The molecule has 1 aromatic rings. The average Bonchev–Trinajstić information content (AvgIpc) is 2.30. The summed E-state index contributed by atoms with van der Waals surface area (Å²) in [5, 5.41) is 2.46. The van der Waals surface area contributed by atoms with Crippen LogP contribution in [-0.2, 0) is 4.79 Å². The summed E-state index contributed by atoms with van der Waals surface area (Å²) in [5.74, 6) is -1.49. The molecule has 0 bridgehead atoms. The lowest BCUT2D eigenvalue weighted by molar-refractivity contribution is -0.120. The molecule has 0 saturated heterocycles. The summed E-state index contributed by atoms with van der Waals surface area (Å²) in [7, 11) is 0. The predicted molar refractivity (Wildman–Crippen MR) is 69.5 cm³/mol. The molecule has 100 valence electrons. The second kappa shape index (κ2) is 6.73. The first-order chi connectivity index (χ1) is 8.40. The van der Waals surface area contributed by atoms with Crippen LogP contribution in [-0.4, -0.2) is 17.7 Å². The number of halogens is 2. The molecule has 0 heterocycles. The van der Waals surface area contributed by atoms with Crippen LogP contribution in [0.25, 0.3) is 0 Å². The van der Waals surface area contributed by atoms with Gasteiger partial charge < -0.3 is 5.32 Å². The average molecular weight is 273 g/mol. The lowest BCUT2D eigenvalue weighted by atomic mass is 10.2. The van der Waals surface area contributed by atoms with Gasteiger partial charge in [-0.3, -0.25) is 4.79 Å². The van der Waals surface area contributed by atoms with Crippen LogP contribution >= 0.6 is 11.8 Å². The molecule has 0 radical (unpaired) electrons. The highest BCUT2D eigenvalue weighted by molar-refractivity contribution is 8.00. The van der Waals surface area contributed by atoms with Crippen LogP contribution in [0.2, 0.25) is 0 Å². The van der Waals surface area contributed by atoms with E-state index in [1.807, 2.05) is 13.8 Å². The zero-order valence-corrected chi connectivity index (χ0v) is 11.5. The van der Waals surface area contributed by atoms with Crippen LogP contribution in [0.3, 0.4) is 0 Å². The summed E-state index contributed by atoms with van der Waals surface area (Å²) in [5.41, 5.74) is 0. The molecule has 1 N–H and O–H groups in total. The van der Waals surface area contributed by atoms with Crippen molar-refractivity contribution >= 4 is 17.7 Å². The van der Waals surface area contributed by atoms with Gasteiger partial charge in [-0.15, -0.1) is 11.8 Å². The SMILES string of the molecule is CC(C)CNC(=O)C(C)Sc1ccc(F)c(F)c1. The molecule has 0 fully saturated rings. The lowest BCUT2D eigenvalue weighted by Crippen LogP contribution is -2.33. The minimum absolute atomic E-state index is 0.0987. The van der Waals surface area contributed by atoms with Crippen LogP contribution in [0, 0.1) is 17.6 Å². The topological polar surface area (TPSA) is 29.1 Å². The zero-order chi connectivity index (χ0) is 13.7. The molecule has 0 spiro atoms. The molecular formula is C13H17F2NOS.